The molecule has 0 aliphatic heterocycles. The highest BCUT2D eigenvalue weighted by Crippen LogP contribution is 2.03. The molecule has 0 amide bonds. The van der Waals surface area contributed by atoms with Crippen LogP contribution in [0.3, 0.4) is 0 Å². The van der Waals surface area contributed by atoms with Crippen molar-refractivity contribution in [1.29, 1.82) is 0 Å². The summed E-state index contributed by atoms with van der Waals surface area (Å²) < 4.78 is 1.97. The van der Waals surface area contributed by atoms with E-state index in [9.17, 15) is 0 Å². The van der Waals surface area contributed by atoms with Gasteiger partial charge in [0.25, 0.3) is 0 Å². The highest BCUT2D eigenvalue weighted by atomic mass is 79.9. The number of aromatic nitrogens is 2. The Balaban J connectivity index is 2.59. The van der Waals surface area contributed by atoms with Gasteiger partial charge in [-0.25, -0.2) is 0 Å². The number of halogens is 1. The fourth-order valence-electron chi connectivity index (χ4n) is 0.827. The molecule has 0 aliphatic rings. The first-order valence-corrected chi connectivity index (χ1v) is 4.56. The molecule has 0 N–H and O–H groups in total. The van der Waals surface area contributed by atoms with Crippen LogP contribution < -0.4 is 0 Å². The molecule has 3 heteroatoms. The standard InChI is InChI=1S/C7H11BrN2/c1-2-3-10-6-7(4-8)5-9-10/h5-6H,2-4H2,1H3. The molecular weight excluding hydrogens is 192 g/mol. The Morgan fingerprint density at radius 3 is 3.00 bits per heavy atom. The van der Waals surface area contributed by atoms with Crippen molar-refractivity contribution < 1.29 is 0 Å². The zero-order valence-electron chi connectivity index (χ0n) is 6.05. The summed E-state index contributed by atoms with van der Waals surface area (Å²) >= 11 is 3.37. The van der Waals surface area contributed by atoms with Gasteiger partial charge in [-0.1, -0.05) is 22.9 Å². The number of alkyl halides is 1. The van der Waals surface area contributed by atoms with Gasteiger partial charge in [0.05, 0.1) is 6.20 Å². The molecule has 0 bridgehead atoms. The van der Waals surface area contributed by atoms with Crippen LogP contribution in [0.4, 0.5) is 0 Å². The van der Waals surface area contributed by atoms with Crippen molar-refractivity contribution in [2.24, 2.45) is 0 Å². The molecule has 0 saturated heterocycles. The lowest BCUT2D eigenvalue weighted by Gasteiger charge is -1.93. The quantitative estimate of drug-likeness (QED) is 0.688. The summed E-state index contributed by atoms with van der Waals surface area (Å²) in [4.78, 5) is 0. The Morgan fingerprint density at radius 2 is 2.50 bits per heavy atom. The molecule has 1 aromatic heterocycles. The zero-order chi connectivity index (χ0) is 7.40. The maximum absolute atomic E-state index is 4.16. The fourth-order valence-corrected chi connectivity index (χ4v) is 1.12. The van der Waals surface area contributed by atoms with Crippen LogP contribution in [0.25, 0.3) is 0 Å². The van der Waals surface area contributed by atoms with E-state index in [1.54, 1.807) is 0 Å². The zero-order valence-corrected chi connectivity index (χ0v) is 7.63. The largest absolute Gasteiger partial charge is 0.272 e. The second-order valence-electron chi connectivity index (χ2n) is 2.25. The number of hydrogen-bond donors (Lipinski definition) is 0. The minimum Gasteiger partial charge on any atom is -0.272 e. The lowest BCUT2D eigenvalue weighted by molar-refractivity contribution is 0.602. The summed E-state index contributed by atoms with van der Waals surface area (Å²) in [6.45, 7) is 3.17. The normalized spacial score (nSPS) is 10.2. The SMILES string of the molecule is CCCn1cc(CBr)cn1. The molecule has 0 unspecified atom stereocenters. The highest BCUT2D eigenvalue weighted by molar-refractivity contribution is 9.08. The highest BCUT2D eigenvalue weighted by Gasteiger charge is 1.93. The third-order valence-corrected chi connectivity index (χ3v) is 1.94. The Hall–Kier alpha value is -0.310. The maximum atomic E-state index is 4.16. The van der Waals surface area contributed by atoms with Gasteiger partial charge in [-0.3, -0.25) is 4.68 Å². The average Bonchev–Trinajstić information content (AvgIpc) is 2.37. The van der Waals surface area contributed by atoms with E-state index in [-0.39, 0.29) is 0 Å². The molecule has 1 aromatic rings. The third-order valence-electron chi connectivity index (χ3n) is 1.29. The van der Waals surface area contributed by atoms with Gasteiger partial charge in [-0.05, 0) is 6.42 Å². The van der Waals surface area contributed by atoms with E-state index in [1.165, 1.54) is 5.56 Å². The summed E-state index contributed by atoms with van der Waals surface area (Å²) in [6, 6.07) is 0. The second-order valence-corrected chi connectivity index (χ2v) is 2.81. The Morgan fingerprint density at radius 1 is 1.70 bits per heavy atom. The summed E-state index contributed by atoms with van der Waals surface area (Å²) in [5.74, 6) is 0. The lowest BCUT2D eigenvalue weighted by Crippen LogP contribution is -1.95. The molecule has 56 valence electrons. The van der Waals surface area contributed by atoms with Crippen molar-refractivity contribution in [3.8, 4) is 0 Å². The fraction of sp³-hybridized carbons (Fsp3) is 0.571. The summed E-state index contributed by atoms with van der Waals surface area (Å²) in [5, 5.41) is 5.06. The van der Waals surface area contributed by atoms with Gasteiger partial charge >= 0.3 is 0 Å². The van der Waals surface area contributed by atoms with Gasteiger partial charge < -0.3 is 0 Å². The second kappa shape index (κ2) is 3.76. The Bertz CT molecular complexity index is 195. The maximum Gasteiger partial charge on any atom is 0.0530 e. The van der Waals surface area contributed by atoms with E-state index in [4.69, 9.17) is 0 Å². The van der Waals surface area contributed by atoms with E-state index in [0.717, 1.165) is 18.3 Å². The van der Waals surface area contributed by atoms with Crippen LogP contribution in [0, 0.1) is 0 Å². The van der Waals surface area contributed by atoms with Gasteiger partial charge in [0, 0.05) is 23.6 Å². The number of hydrogen-bond acceptors (Lipinski definition) is 1. The van der Waals surface area contributed by atoms with Gasteiger partial charge in [0.15, 0.2) is 0 Å². The molecule has 0 fully saturated rings. The average molecular weight is 203 g/mol. The van der Waals surface area contributed by atoms with Crippen LogP contribution in [0.2, 0.25) is 0 Å². The predicted octanol–water partition coefficient (Wildman–Crippen LogP) is 2.19. The first kappa shape index (κ1) is 7.79. The molecule has 0 spiro atoms. The van der Waals surface area contributed by atoms with E-state index in [2.05, 4.69) is 34.1 Å². The molecule has 0 radical (unpaired) electrons. The van der Waals surface area contributed by atoms with Crippen LogP contribution in [0.5, 0.6) is 0 Å². The third kappa shape index (κ3) is 1.84. The summed E-state index contributed by atoms with van der Waals surface area (Å²) in [5.41, 5.74) is 1.24. The monoisotopic (exact) mass is 202 g/mol. The van der Waals surface area contributed by atoms with E-state index >= 15 is 0 Å². The number of nitrogens with zero attached hydrogens (tertiary/aromatic N) is 2. The number of rotatable bonds is 3. The number of aryl methyl sites for hydroxylation is 1. The van der Waals surface area contributed by atoms with Crippen molar-refractivity contribution in [1.82, 2.24) is 9.78 Å². The van der Waals surface area contributed by atoms with Crippen molar-refractivity contribution in [2.45, 2.75) is 25.2 Å². The van der Waals surface area contributed by atoms with Crippen LogP contribution in [-0.4, -0.2) is 9.78 Å². The smallest absolute Gasteiger partial charge is 0.0530 e. The van der Waals surface area contributed by atoms with E-state index in [1.807, 2.05) is 10.9 Å². The molecule has 0 saturated carbocycles. The van der Waals surface area contributed by atoms with E-state index < -0.39 is 0 Å². The van der Waals surface area contributed by atoms with Crippen LogP contribution in [0.15, 0.2) is 12.4 Å². The minimum absolute atomic E-state index is 0.900. The Labute approximate surface area is 69.4 Å². The van der Waals surface area contributed by atoms with Crippen molar-refractivity contribution in [2.75, 3.05) is 0 Å². The molecule has 10 heavy (non-hydrogen) atoms. The summed E-state index contributed by atoms with van der Waals surface area (Å²) in [6.07, 6.45) is 5.10. The van der Waals surface area contributed by atoms with Crippen molar-refractivity contribution in [3.05, 3.63) is 18.0 Å². The molecular formula is C7H11BrN2. The van der Waals surface area contributed by atoms with Gasteiger partial charge in [-0.2, -0.15) is 5.10 Å². The van der Waals surface area contributed by atoms with Gasteiger partial charge in [0.1, 0.15) is 0 Å². The van der Waals surface area contributed by atoms with Crippen LogP contribution >= 0.6 is 15.9 Å². The first-order valence-electron chi connectivity index (χ1n) is 3.44. The predicted molar refractivity (Wildman–Crippen MR) is 45.1 cm³/mol. The molecule has 2 nitrogen and oxygen atoms in total. The topological polar surface area (TPSA) is 17.8 Å². The van der Waals surface area contributed by atoms with Crippen LogP contribution in [0.1, 0.15) is 18.9 Å². The van der Waals surface area contributed by atoms with Crippen LogP contribution in [-0.2, 0) is 11.9 Å². The summed E-state index contributed by atoms with van der Waals surface area (Å²) in [7, 11) is 0. The molecule has 1 rings (SSSR count). The minimum atomic E-state index is 0.900. The van der Waals surface area contributed by atoms with Gasteiger partial charge in [-0.15, -0.1) is 0 Å². The van der Waals surface area contributed by atoms with Gasteiger partial charge in [0.2, 0.25) is 0 Å². The molecule has 0 atom stereocenters. The van der Waals surface area contributed by atoms with Crippen molar-refractivity contribution in [3.63, 3.8) is 0 Å². The van der Waals surface area contributed by atoms with E-state index in [0.29, 0.717) is 0 Å². The lowest BCUT2D eigenvalue weighted by atomic mass is 10.4. The molecule has 0 aromatic carbocycles. The first-order chi connectivity index (χ1) is 4.86. The molecule has 0 aliphatic carbocycles. The Kier molecular flexibility index (Phi) is 2.93. The molecule has 1 heterocycles. The van der Waals surface area contributed by atoms with Crippen molar-refractivity contribution >= 4 is 15.9 Å².